The summed E-state index contributed by atoms with van der Waals surface area (Å²) in [6, 6.07) is 0. The van der Waals surface area contributed by atoms with Crippen LogP contribution < -0.4 is 0 Å². The minimum absolute atomic E-state index is 0.263. The van der Waals surface area contributed by atoms with E-state index in [1.807, 2.05) is 0 Å². The molecule has 2 aliphatic heterocycles. The fourth-order valence-corrected chi connectivity index (χ4v) is 2.44. The summed E-state index contributed by atoms with van der Waals surface area (Å²) in [4.78, 5) is 0. The van der Waals surface area contributed by atoms with Crippen molar-refractivity contribution in [2.75, 3.05) is 20.3 Å². The highest BCUT2D eigenvalue weighted by Crippen LogP contribution is 2.25. The Hall–Kier alpha value is -0.400. The average molecular weight is 326 g/mol. The largest absolute Gasteiger partial charge is 0.394 e. The number of aliphatic hydroxyl groups is 6. The third-order valence-electron chi connectivity index (χ3n) is 3.82. The Balaban J connectivity index is 1.91. The summed E-state index contributed by atoms with van der Waals surface area (Å²) in [5, 5.41) is 57.5. The number of ether oxygens (including phenoxy) is 4. The Bertz CT molecular complexity index is 353. The zero-order valence-corrected chi connectivity index (χ0v) is 11.9. The molecule has 0 aromatic heterocycles. The lowest BCUT2D eigenvalue weighted by Gasteiger charge is -2.39. The van der Waals surface area contributed by atoms with Crippen molar-refractivity contribution in [3.05, 3.63) is 0 Å². The molecule has 2 aliphatic rings. The van der Waals surface area contributed by atoms with E-state index >= 15 is 0 Å². The second kappa shape index (κ2) is 7.45. The van der Waals surface area contributed by atoms with Gasteiger partial charge in [0.15, 0.2) is 12.6 Å². The number of rotatable bonds is 5. The molecule has 2 fully saturated rings. The topological polar surface area (TPSA) is 158 Å². The van der Waals surface area contributed by atoms with Gasteiger partial charge in [-0.05, 0) is 0 Å². The minimum atomic E-state index is -1.55. The van der Waals surface area contributed by atoms with Gasteiger partial charge in [0, 0.05) is 7.11 Å². The summed E-state index contributed by atoms with van der Waals surface area (Å²) in [5.74, 6) is 0. The second-order valence-corrected chi connectivity index (χ2v) is 5.29. The van der Waals surface area contributed by atoms with Gasteiger partial charge < -0.3 is 49.6 Å². The Morgan fingerprint density at radius 3 is 1.86 bits per heavy atom. The van der Waals surface area contributed by atoms with E-state index in [-0.39, 0.29) is 6.61 Å². The SMILES string of the molecule is COC1OC(COC2OC(CO)C(O)C(O)C2O)C(O)C1O. The lowest BCUT2D eigenvalue weighted by atomic mass is 9.99. The maximum absolute atomic E-state index is 9.79. The summed E-state index contributed by atoms with van der Waals surface area (Å²) < 4.78 is 20.4. The van der Waals surface area contributed by atoms with Crippen LogP contribution in [-0.2, 0) is 18.9 Å². The lowest BCUT2D eigenvalue weighted by Crippen LogP contribution is -2.59. The van der Waals surface area contributed by atoms with E-state index in [1.165, 1.54) is 7.11 Å². The van der Waals surface area contributed by atoms with E-state index in [4.69, 9.17) is 24.1 Å². The van der Waals surface area contributed by atoms with Gasteiger partial charge in [-0.3, -0.25) is 0 Å². The molecule has 130 valence electrons. The van der Waals surface area contributed by atoms with Gasteiger partial charge in [-0.25, -0.2) is 0 Å². The monoisotopic (exact) mass is 326 g/mol. The minimum Gasteiger partial charge on any atom is -0.394 e. The predicted octanol–water partition coefficient (Wildman–Crippen LogP) is -4.10. The highest BCUT2D eigenvalue weighted by Gasteiger charge is 2.46. The molecule has 0 saturated carbocycles. The Kier molecular flexibility index (Phi) is 6.07. The van der Waals surface area contributed by atoms with Crippen LogP contribution in [0, 0.1) is 0 Å². The van der Waals surface area contributed by atoms with Crippen molar-refractivity contribution in [3.63, 3.8) is 0 Å². The summed E-state index contributed by atoms with van der Waals surface area (Å²) >= 11 is 0. The van der Waals surface area contributed by atoms with Crippen LogP contribution in [0.4, 0.5) is 0 Å². The Labute approximate surface area is 126 Å². The zero-order valence-electron chi connectivity index (χ0n) is 11.9. The van der Waals surface area contributed by atoms with E-state index in [9.17, 15) is 25.5 Å². The molecule has 0 aliphatic carbocycles. The molecule has 2 rings (SSSR count). The predicted molar refractivity (Wildman–Crippen MR) is 67.4 cm³/mol. The molecule has 0 radical (unpaired) electrons. The van der Waals surface area contributed by atoms with Crippen molar-refractivity contribution < 1.29 is 49.6 Å². The van der Waals surface area contributed by atoms with Gasteiger partial charge >= 0.3 is 0 Å². The van der Waals surface area contributed by atoms with Crippen LogP contribution in [0.3, 0.4) is 0 Å². The van der Waals surface area contributed by atoms with Crippen molar-refractivity contribution >= 4 is 0 Å². The highest BCUT2D eigenvalue weighted by atomic mass is 16.7. The van der Waals surface area contributed by atoms with E-state index in [1.54, 1.807) is 0 Å². The average Bonchev–Trinajstić information content (AvgIpc) is 2.79. The fraction of sp³-hybridized carbons (Fsp3) is 1.00. The van der Waals surface area contributed by atoms with Crippen LogP contribution in [0.2, 0.25) is 0 Å². The maximum atomic E-state index is 9.79. The molecule has 9 unspecified atom stereocenters. The maximum Gasteiger partial charge on any atom is 0.186 e. The van der Waals surface area contributed by atoms with Crippen LogP contribution in [0.15, 0.2) is 0 Å². The van der Waals surface area contributed by atoms with Crippen molar-refractivity contribution in [3.8, 4) is 0 Å². The first-order valence-electron chi connectivity index (χ1n) is 6.87. The molecule has 0 amide bonds. The molecule has 6 N–H and O–H groups in total. The molecule has 10 heteroatoms. The van der Waals surface area contributed by atoms with Crippen molar-refractivity contribution in [2.45, 2.75) is 55.3 Å². The highest BCUT2D eigenvalue weighted by molar-refractivity contribution is 4.90. The summed E-state index contributed by atoms with van der Waals surface area (Å²) in [6.07, 6.45) is -11.4. The fourth-order valence-electron chi connectivity index (χ4n) is 2.44. The first-order valence-corrected chi connectivity index (χ1v) is 6.87. The van der Waals surface area contributed by atoms with Crippen molar-refractivity contribution in [2.24, 2.45) is 0 Å². The summed E-state index contributed by atoms with van der Waals surface area (Å²) in [7, 11) is 1.31. The molecule has 0 aromatic carbocycles. The molecule has 22 heavy (non-hydrogen) atoms. The Morgan fingerprint density at radius 1 is 0.773 bits per heavy atom. The zero-order chi connectivity index (χ0) is 16.4. The van der Waals surface area contributed by atoms with Gasteiger partial charge in [-0.15, -0.1) is 0 Å². The van der Waals surface area contributed by atoms with Crippen LogP contribution >= 0.6 is 0 Å². The van der Waals surface area contributed by atoms with Gasteiger partial charge in [-0.1, -0.05) is 0 Å². The lowest BCUT2D eigenvalue weighted by molar-refractivity contribution is -0.307. The number of hydrogen-bond acceptors (Lipinski definition) is 10. The molecule has 0 bridgehead atoms. The number of methoxy groups -OCH3 is 1. The third-order valence-corrected chi connectivity index (χ3v) is 3.82. The Morgan fingerprint density at radius 2 is 1.32 bits per heavy atom. The molecule has 0 spiro atoms. The summed E-state index contributed by atoms with van der Waals surface area (Å²) in [6.45, 7) is -0.835. The third kappa shape index (κ3) is 3.41. The van der Waals surface area contributed by atoms with Crippen LogP contribution in [0.1, 0.15) is 0 Å². The van der Waals surface area contributed by atoms with Gasteiger partial charge in [-0.2, -0.15) is 0 Å². The normalized spacial score (nSPS) is 49.5. The van der Waals surface area contributed by atoms with Crippen molar-refractivity contribution in [1.82, 2.24) is 0 Å². The molecular formula is C12H22O10. The summed E-state index contributed by atoms with van der Waals surface area (Å²) in [5.41, 5.74) is 0. The van der Waals surface area contributed by atoms with Crippen LogP contribution in [-0.4, -0.2) is 106 Å². The first kappa shape index (κ1) is 17.9. The smallest absolute Gasteiger partial charge is 0.186 e. The standard InChI is InChI=1S/C12H22O10/c1-19-11-9(17)7(15)5(22-11)3-20-12-10(18)8(16)6(14)4(2-13)21-12/h4-18H,2-3H2,1H3. The van der Waals surface area contributed by atoms with Crippen LogP contribution in [0.25, 0.3) is 0 Å². The first-order chi connectivity index (χ1) is 10.4. The second-order valence-electron chi connectivity index (χ2n) is 5.29. The van der Waals surface area contributed by atoms with Gasteiger partial charge in [0.2, 0.25) is 0 Å². The van der Waals surface area contributed by atoms with Crippen molar-refractivity contribution in [1.29, 1.82) is 0 Å². The molecule has 0 aromatic rings. The van der Waals surface area contributed by atoms with Gasteiger partial charge in [0.25, 0.3) is 0 Å². The van der Waals surface area contributed by atoms with Gasteiger partial charge in [0.1, 0.15) is 42.7 Å². The molecule has 2 saturated heterocycles. The van der Waals surface area contributed by atoms with E-state index < -0.39 is 61.9 Å². The van der Waals surface area contributed by atoms with E-state index in [2.05, 4.69) is 0 Å². The number of aliphatic hydroxyl groups excluding tert-OH is 6. The van der Waals surface area contributed by atoms with E-state index in [0.29, 0.717) is 0 Å². The van der Waals surface area contributed by atoms with Crippen LogP contribution in [0.5, 0.6) is 0 Å². The molecule has 10 nitrogen and oxygen atoms in total. The van der Waals surface area contributed by atoms with Gasteiger partial charge in [0.05, 0.1) is 13.2 Å². The van der Waals surface area contributed by atoms with E-state index in [0.717, 1.165) is 0 Å². The number of hydrogen-bond donors (Lipinski definition) is 6. The quantitative estimate of drug-likeness (QED) is 0.293. The molecular weight excluding hydrogens is 304 g/mol. The molecule has 2 heterocycles. The molecule has 9 atom stereocenters.